The molecule has 4 rings (SSSR count). The van der Waals surface area contributed by atoms with Crippen LogP contribution in [0.3, 0.4) is 0 Å². The summed E-state index contributed by atoms with van der Waals surface area (Å²) in [5.74, 6) is 0.504. The molecule has 0 saturated heterocycles. The second-order valence-electron chi connectivity index (χ2n) is 11.0. The summed E-state index contributed by atoms with van der Waals surface area (Å²) < 4.78 is 36.9. The summed E-state index contributed by atoms with van der Waals surface area (Å²) in [6, 6.07) is 4.48. The van der Waals surface area contributed by atoms with Gasteiger partial charge in [0.2, 0.25) is 0 Å². The average Bonchev–Trinajstić information content (AvgIpc) is 3.34. The highest BCUT2D eigenvalue weighted by atomic mass is 32.2. The van der Waals surface area contributed by atoms with Crippen molar-refractivity contribution in [3.8, 4) is 5.75 Å². The number of hydrogen-bond donors (Lipinski definition) is 2. The molecule has 1 aliphatic heterocycles. The molecule has 0 radical (unpaired) electrons. The number of carbonyl (C=O) groups excluding carboxylic acids is 1. The van der Waals surface area contributed by atoms with Crippen molar-refractivity contribution < 1.29 is 23.1 Å². The summed E-state index contributed by atoms with van der Waals surface area (Å²) in [5, 5.41) is 9.77. The minimum absolute atomic E-state index is 0.0599. The van der Waals surface area contributed by atoms with Gasteiger partial charge in [0.15, 0.2) is 10.8 Å². The maximum Gasteiger partial charge on any atom is 0.281 e. The SMILES string of the molecule is C[C@H](CO)N1C[C@H](C)[C@@H](CN(C)CC2CCCCC2)Oc2c(NS(=O)(=O)c3cn(C)cn3)cccc2C1=O. The molecule has 2 N–H and O–H groups in total. The lowest BCUT2D eigenvalue weighted by molar-refractivity contribution is 0.0333. The molecule has 11 heteroatoms. The van der Waals surface area contributed by atoms with Crippen LogP contribution in [0.1, 0.15) is 56.3 Å². The number of aromatic nitrogens is 2. The number of nitrogens with one attached hydrogen (secondary N) is 1. The molecule has 1 fully saturated rings. The molecule has 38 heavy (non-hydrogen) atoms. The van der Waals surface area contributed by atoms with E-state index in [-0.39, 0.29) is 46.6 Å². The Hall–Kier alpha value is -2.63. The number of para-hydroxylation sites is 1. The van der Waals surface area contributed by atoms with Gasteiger partial charge in [-0.15, -0.1) is 0 Å². The van der Waals surface area contributed by atoms with E-state index in [1.807, 2.05) is 13.8 Å². The van der Waals surface area contributed by atoms with Gasteiger partial charge in [-0.3, -0.25) is 9.52 Å². The zero-order chi connectivity index (χ0) is 27.4. The number of fused-ring (bicyclic) bond motifs is 1. The van der Waals surface area contributed by atoms with E-state index in [0.717, 1.165) is 6.54 Å². The molecule has 0 spiro atoms. The van der Waals surface area contributed by atoms with Crippen LogP contribution in [0.5, 0.6) is 5.75 Å². The van der Waals surface area contributed by atoms with Gasteiger partial charge in [0.25, 0.3) is 15.9 Å². The highest BCUT2D eigenvalue weighted by Crippen LogP contribution is 2.36. The summed E-state index contributed by atoms with van der Waals surface area (Å²) in [6.07, 6.45) is 8.87. The normalized spacial score (nSPS) is 21.9. The van der Waals surface area contributed by atoms with Gasteiger partial charge in [-0.1, -0.05) is 32.3 Å². The maximum absolute atomic E-state index is 13.6. The second-order valence-corrected chi connectivity index (χ2v) is 12.6. The Morgan fingerprint density at radius 1 is 1.24 bits per heavy atom. The number of nitrogens with zero attached hydrogens (tertiary/aromatic N) is 4. The van der Waals surface area contributed by atoms with E-state index < -0.39 is 16.1 Å². The minimum Gasteiger partial charge on any atom is -0.486 e. The molecule has 0 bridgehead atoms. The van der Waals surface area contributed by atoms with E-state index in [9.17, 15) is 18.3 Å². The first-order valence-electron chi connectivity index (χ1n) is 13.5. The van der Waals surface area contributed by atoms with Crippen LogP contribution >= 0.6 is 0 Å². The lowest BCUT2D eigenvalue weighted by atomic mass is 9.89. The lowest BCUT2D eigenvalue weighted by Crippen LogP contribution is -2.50. The highest BCUT2D eigenvalue weighted by Gasteiger charge is 2.35. The molecule has 1 amide bonds. The third-order valence-electron chi connectivity index (χ3n) is 7.68. The molecule has 2 heterocycles. The molecule has 1 aromatic carbocycles. The van der Waals surface area contributed by atoms with Crippen molar-refractivity contribution >= 4 is 21.6 Å². The number of sulfonamides is 1. The zero-order valence-electron chi connectivity index (χ0n) is 22.8. The van der Waals surface area contributed by atoms with Crippen LogP contribution in [-0.2, 0) is 17.1 Å². The molecule has 1 aromatic heterocycles. The second kappa shape index (κ2) is 12.0. The predicted molar refractivity (Wildman–Crippen MR) is 146 cm³/mol. The fourth-order valence-corrected chi connectivity index (χ4v) is 6.50. The third kappa shape index (κ3) is 6.50. The molecular weight excluding hydrogens is 506 g/mol. The smallest absolute Gasteiger partial charge is 0.281 e. The lowest BCUT2D eigenvalue weighted by Gasteiger charge is -2.39. The molecule has 10 nitrogen and oxygen atoms in total. The van der Waals surface area contributed by atoms with Crippen molar-refractivity contribution in [2.75, 3.05) is 38.0 Å². The number of benzene rings is 1. The van der Waals surface area contributed by atoms with Gasteiger partial charge in [-0.2, -0.15) is 8.42 Å². The molecule has 2 aromatic rings. The molecule has 210 valence electrons. The highest BCUT2D eigenvalue weighted by molar-refractivity contribution is 7.92. The largest absolute Gasteiger partial charge is 0.486 e. The van der Waals surface area contributed by atoms with Crippen molar-refractivity contribution in [2.24, 2.45) is 18.9 Å². The van der Waals surface area contributed by atoms with Crippen LogP contribution in [-0.4, -0.2) is 84.2 Å². The number of amides is 1. The van der Waals surface area contributed by atoms with Crippen LogP contribution in [0.2, 0.25) is 0 Å². The topological polar surface area (TPSA) is 117 Å². The van der Waals surface area contributed by atoms with E-state index in [1.165, 1.54) is 44.6 Å². The van der Waals surface area contributed by atoms with Crippen LogP contribution in [0.25, 0.3) is 0 Å². The molecule has 1 saturated carbocycles. The van der Waals surface area contributed by atoms with Crippen LogP contribution in [0.4, 0.5) is 5.69 Å². The van der Waals surface area contributed by atoms with Gasteiger partial charge in [0.1, 0.15) is 6.10 Å². The van der Waals surface area contributed by atoms with Gasteiger partial charge < -0.3 is 24.2 Å². The summed E-state index contributed by atoms with van der Waals surface area (Å²) in [5.41, 5.74) is 0.450. The number of rotatable bonds is 9. The number of carbonyl (C=O) groups is 1. The van der Waals surface area contributed by atoms with Gasteiger partial charge in [0, 0.05) is 38.8 Å². The molecular formula is C27H41N5O5S. The first-order chi connectivity index (χ1) is 18.1. The van der Waals surface area contributed by atoms with Gasteiger partial charge in [-0.25, -0.2) is 4.98 Å². The Morgan fingerprint density at radius 2 is 1.97 bits per heavy atom. The van der Waals surface area contributed by atoms with Crippen LogP contribution in [0.15, 0.2) is 35.7 Å². The van der Waals surface area contributed by atoms with E-state index in [1.54, 1.807) is 34.7 Å². The van der Waals surface area contributed by atoms with E-state index in [0.29, 0.717) is 19.0 Å². The van der Waals surface area contributed by atoms with Crippen LogP contribution in [0, 0.1) is 11.8 Å². The standard InChI is InChI=1S/C27H41N5O5S/c1-19-13-32(20(2)17-33)27(34)22-11-8-12-23(29-38(35,36)25-16-31(4)18-28-25)26(22)37-24(19)15-30(3)14-21-9-6-5-7-10-21/h8,11-12,16,18-21,24,29,33H,5-7,9-10,13-15,17H2,1-4H3/t19-,20+,24+/m0/s1. The molecule has 1 aliphatic carbocycles. The molecule has 0 unspecified atom stereocenters. The van der Waals surface area contributed by atoms with Crippen molar-refractivity contribution in [2.45, 2.75) is 63.1 Å². The van der Waals surface area contributed by atoms with Crippen molar-refractivity contribution in [3.05, 3.63) is 36.3 Å². The zero-order valence-corrected chi connectivity index (χ0v) is 23.7. The number of imidazole rings is 1. The average molecular weight is 548 g/mol. The Labute approximate surface area is 226 Å². The number of aliphatic hydroxyl groups is 1. The summed E-state index contributed by atoms with van der Waals surface area (Å²) in [6.45, 7) is 5.70. The Bertz CT molecular complexity index is 1210. The van der Waals surface area contributed by atoms with Gasteiger partial charge in [0.05, 0.1) is 30.2 Å². The van der Waals surface area contributed by atoms with E-state index in [2.05, 4.69) is 21.7 Å². The number of anilines is 1. The predicted octanol–water partition coefficient (Wildman–Crippen LogP) is 2.95. The first kappa shape index (κ1) is 28.4. The number of hydrogen-bond acceptors (Lipinski definition) is 7. The Kier molecular flexibility index (Phi) is 9.00. The Morgan fingerprint density at radius 3 is 2.63 bits per heavy atom. The minimum atomic E-state index is -4.01. The number of aliphatic hydroxyl groups excluding tert-OH is 1. The maximum atomic E-state index is 13.6. The summed E-state index contributed by atoms with van der Waals surface area (Å²) in [4.78, 5) is 21.6. The fraction of sp³-hybridized carbons (Fsp3) is 0.630. The number of ether oxygens (including phenoxy) is 1. The number of aryl methyl sites for hydroxylation is 1. The van der Waals surface area contributed by atoms with Gasteiger partial charge >= 0.3 is 0 Å². The fourth-order valence-electron chi connectivity index (χ4n) is 5.46. The van der Waals surface area contributed by atoms with Crippen molar-refractivity contribution in [1.29, 1.82) is 0 Å². The van der Waals surface area contributed by atoms with Crippen LogP contribution < -0.4 is 9.46 Å². The van der Waals surface area contributed by atoms with E-state index >= 15 is 0 Å². The quantitative estimate of drug-likeness (QED) is 0.496. The number of likely N-dealkylation sites (N-methyl/N-ethyl adjacent to an activating group) is 1. The monoisotopic (exact) mass is 547 g/mol. The summed E-state index contributed by atoms with van der Waals surface area (Å²) in [7, 11) is -0.220. The third-order valence-corrected chi connectivity index (χ3v) is 8.93. The Balaban J connectivity index is 1.67. The van der Waals surface area contributed by atoms with Crippen molar-refractivity contribution in [1.82, 2.24) is 19.4 Å². The molecule has 2 aliphatic rings. The van der Waals surface area contributed by atoms with E-state index in [4.69, 9.17) is 4.74 Å². The van der Waals surface area contributed by atoms with Gasteiger partial charge in [-0.05, 0) is 44.9 Å². The van der Waals surface area contributed by atoms with Crippen molar-refractivity contribution in [3.63, 3.8) is 0 Å². The molecule has 3 atom stereocenters. The first-order valence-corrected chi connectivity index (χ1v) is 15.0. The summed E-state index contributed by atoms with van der Waals surface area (Å²) >= 11 is 0.